The Labute approximate surface area is 71.2 Å². The molecule has 0 saturated heterocycles. The predicted octanol–water partition coefficient (Wildman–Crippen LogP) is -1.18. The van der Waals surface area contributed by atoms with E-state index in [4.69, 9.17) is 10.0 Å². The molecule has 0 bridgehead atoms. The highest BCUT2D eigenvalue weighted by molar-refractivity contribution is 9.10. The molecule has 0 spiro atoms. The summed E-state index contributed by atoms with van der Waals surface area (Å²) in [7, 11) is -1.74. The van der Waals surface area contributed by atoms with Gasteiger partial charge in [0.25, 0.3) is 0 Å². The lowest BCUT2D eigenvalue weighted by Gasteiger charge is -1.99. The lowest BCUT2D eigenvalue weighted by atomic mass is 9.81. The van der Waals surface area contributed by atoms with Crippen molar-refractivity contribution >= 4 is 28.5 Å². The topological polar surface area (TPSA) is 73.3 Å². The van der Waals surface area contributed by atoms with Crippen molar-refractivity contribution in [1.82, 2.24) is 4.98 Å². The minimum absolute atomic E-state index is 0.0764. The van der Waals surface area contributed by atoms with Crippen molar-refractivity contribution < 1.29 is 10.0 Å². The molecule has 6 heteroatoms. The van der Waals surface area contributed by atoms with Crippen LogP contribution < -0.4 is 10.9 Å². The summed E-state index contributed by atoms with van der Waals surface area (Å²) >= 11 is 2.97. The van der Waals surface area contributed by atoms with Gasteiger partial charge >= 0.3 is 7.12 Å². The first-order valence-electron chi connectivity index (χ1n) is 2.86. The van der Waals surface area contributed by atoms with Crippen molar-refractivity contribution in [2.75, 3.05) is 0 Å². The zero-order valence-electron chi connectivity index (χ0n) is 5.41. The van der Waals surface area contributed by atoms with Crippen LogP contribution in [0.25, 0.3) is 0 Å². The summed E-state index contributed by atoms with van der Waals surface area (Å²) in [5.41, 5.74) is -0.488. The SMILES string of the molecule is O=c1cc[nH]c(Br)c1B(O)O. The van der Waals surface area contributed by atoms with Crippen LogP contribution in [0.4, 0.5) is 0 Å². The number of H-pyrrole nitrogens is 1. The van der Waals surface area contributed by atoms with Crippen molar-refractivity contribution in [2.24, 2.45) is 0 Å². The number of aromatic nitrogens is 1. The summed E-state index contributed by atoms with van der Waals surface area (Å²) in [6.45, 7) is 0. The van der Waals surface area contributed by atoms with Crippen LogP contribution in [0.3, 0.4) is 0 Å². The fourth-order valence-electron chi connectivity index (χ4n) is 0.707. The summed E-state index contributed by atoms with van der Waals surface area (Å²) in [6, 6.07) is 1.22. The third kappa shape index (κ3) is 1.71. The van der Waals surface area contributed by atoms with Crippen molar-refractivity contribution in [3.05, 3.63) is 27.1 Å². The van der Waals surface area contributed by atoms with Crippen LogP contribution in [-0.2, 0) is 0 Å². The quantitative estimate of drug-likeness (QED) is 0.410. The number of pyridine rings is 1. The summed E-state index contributed by atoms with van der Waals surface area (Å²) < 4.78 is 0.292. The number of hydrogen-bond donors (Lipinski definition) is 3. The molecule has 0 aliphatic rings. The van der Waals surface area contributed by atoms with E-state index in [9.17, 15) is 4.79 Å². The molecule has 0 aromatic carbocycles. The molecule has 11 heavy (non-hydrogen) atoms. The lowest BCUT2D eigenvalue weighted by Crippen LogP contribution is -2.42. The summed E-state index contributed by atoms with van der Waals surface area (Å²) in [5, 5.41) is 17.4. The van der Waals surface area contributed by atoms with Crippen molar-refractivity contribution in [2.45, 2.75) is 0 Å². The fraction of sp³-hybridized carbons (Fsp3) is 0. The van der Waals surface area contributed by atoms with Crippen molar-refractivity contribution in [3.8, 4) is 0 Å². The number of rotatable bonds is 1. The van der Waals surface area contributed by atoms with Crippen LogP contribution in [0, 0.1) is 0 Å². The van der Waals surface area contributed by atoms with Gasteiger partial charge < -0.3 is 15.0 Å². The van der Waals surface area contributed by atoms with E-state index in [1.54, 1.807) is 0 Å². The second-order valence-corrected chi connectivity index (χ2v) is 2.74. The van der Waals surface area contributed by atoms with E-state index in [1.165, 1.54) is 12.3 Å². The van der Waals surface area contributed by atoms with E-state index in [0.29, 0.717) is 4.60 Å². The smallest absolute Gasteiger partial charge is 0.423 e. The normalized spacial score (nSPS) is 9.73. The Morgan fingerprint density at radius 1 is 1.55 bits per heavy atom. The zero-order valence-corrected chi connectivity index (χ0v) is 7.00. The Morgan fingerprint density at radius 2 is 2.18 bits per heavy atom. The average molecular weight is 218 g/mol. The molecule has 0 aliphatic heterocycles. The van der Waals surface area contributed by atoms with E-state index in [1.807, 2.05) is 0 Å². The molecule has 4 nitrogen and oxygen atoms in total. The molecule has 0 aliphatic carbocycles. The second-order valence-electron chi connectivity index (χ2n) is 1.94. The highest BCUT2D eigenvalue weighted by Crippen LogP contribution is 1.96. The van der Waals surface area contributed by atoms with Crippen LogP contribution in [0.1, 0.15) is 0 Å². The van der Waals surface area contributed by atoms with Crippen molar-refractivity contribution in [3.63, 3.8) is 0 Å². The van der Waals surface area contributed by atoms with E-state index in [0.717, 1.165) is 0 Å². The van der Waals surface area contributed by atoms with Gasteiger partial charge in [-0.05, 0) is 15.9 Å². The molecule has 58 valence electrons. The Hall–Kier alpha value is -0.585. The highest BCUT2D eigenvalue weighted by Gasteiger charge is 2.18. The molecule has 3 N–H and O–H groups in total. The minimum Gasteiger partial charge on any atom is -0.423 e. The molecule has 1 heterocycles. The first-order valence-corrected chi connectivity index (χ1v) is 3.65. The average Bonchev–Trinajstić information content (AvgIpc) is 1.85. The van der Waals surface area contributed by atoms with Crippen LogP contribution in [0.5, 0.6) is 0 Å². The second kappa shape index (κ2) is 3.21. The Kier molecular flexibility index (Phi) is 2.48. The van der Waals surface area contributed by atoms with Crippen LogP contribution >= 0.6 is 15.9 Å². The third-order valence-corrected chi connectivity index (χ3v) is 1.86. The van der Waals surface area contributed by atoms with Gasteiger partial charge in [-0.1, -0.05) is 0 Å². The first-order chi connectivity index (χ1) is 5.13. The molecule has 1 rings (SSSR count). The molecule has 0 unspecified atom stereocenters. The van der Waals surface area contributed by atoms with E-state index < -0.39 is 12.5 Å². The Bertz CT molecular complexity index is 311. The molecular weight excluding hydrogens is 213 g/mol. The monoisotopic (exact) mass is 217 g/mol. The maximum atomic E-state index is 10.9. The van der Waals surface area contributed by atoms with Gasteiger partial charge in [-0.25, -0.2) is 0 Å². The Balaban J connectivity index is 3.33. The largest absolute Gasteiger partial charge is 0.495 e. The van der Waals surface area contributed by atoms with Gasteiger partial charge in [-0.15, -0.1) is 0 Å². The summed E-state index contributed by atoms with van der Waals surface area (Å²) in [4.78, 5) is 13.5. The van der Waals surface area contributed by atoms with Gasteiger partial charge in [0.2, 0.25) is 0 Å². The number of aromatic amines is 1. The zero-order chi connectivity index (χ0) is 8.43. The highest BCUT2D eigenvalue weighted by atomic mass is 79.9. The van der Waals surface area contributed by atoms with E-state index in [2.05, 4.69) is 20.9 Å². The number of halogens is 1. The number of hydrogen-bond acceptors (Lipinski definition) is 3. The standard InChI is InChI=1S/C5H5BBrNO3/c7-5-4(6(10)11)3(9)1-2-8-5/h1-2,10-11H,(H,8,9). The Morgan fingerprint density at radius 3 is 2.55 bits per heavy atom. The molecule has 0 amide bonds. The molecule has 0 fully saturated rings. The predicted molar refractivity (Wildman–Crippen MR) is 44.6 cm³/mol. The lowest BCUT2D eigenvalue weighted by molar-refractivity contribution is 0.425. The maximum Gasteiger partial charge on any atom is 0.495 e. The van der Waals surface area contributed by atoms with Crippen molar-refractivity contribution in [1.29, 1.82) is 0 Å². The van der Waals surface area contributed by atoms with Gasteiger partial charge in [0, 0.05) is 12.3 Å². The summed E-state index contributed by atoms with van der Waals surface area (Å²) in [5.74, 6) is 0. The molecule has 1 aromatic heterocycles. The first kappa shape index (κ1) is 8.51. The molecule has 0 atom stereocenters. The van der Waals surface area contributed by atoms with Crippen LogP contribution in [0.15, 0.2) is 21.7 Å². The maximum absolute atomic E-state index is 10.9. The van der Waals surface area contributed by atoms with Gasteiger partial charge in [0.05, 0.1) is 10.1 Å². The van der Waals surface area contributed by atoms with Gasteiger partial charge in [0.1, 0.15) is 0 Å². The molecule has 0 saturated carbocycles. The minimum atomic E-state index is -1.74. The van der Waals surface area contributed by atoms with Gasteiger partial charge in [-0.3, -0.25) is 4.79 Å². The molecule has 1 aromatic rings. The molecular formula is C5H5BBrNO3. The van der Waals surface area contributed by atoms with E-state index >= 15 is 0 Å². The molecule has 0 radical (unpaired) electrons. The third-order valence-electron chi connectivity index (χ3n) is 1.20. The van der Waals surface area contributed by atoms with Gasteiger partial charge in [-0.2, -0.15) is 0 Å². The van der Waals surface area contributed by atoms with Gasteiger partial charge in [0.15, 0.2) is 5.43 Å². The van der Waals surface area contributed by atoms with E-state index in [-0.39, 0.29) is 5.46 Å². The number of nitrogens with one attached hydrogen (secondary N) is 1. The summed E-state index contributed by atoms with van der Waals surface area (Å²) in [6.07, 6.45) is 1.41. The van der Waals surface area contributed by atoms with Crippen LogP contribution in [-0.4, -0.2) is 22.2 Å². The van der Waals surface area contributed by atoms with Crippen LogP contribution in [0.2, 0.25) is 0 Å². The fourth-order valence-corrected chi connectivity index (χ4v) is 1.24.